The monoisotopic (exact) mass is 705 g/mol. The summed E-state index contributed by atoms with van der Waals surface area (Å²) >= 11 is 0. The highest BCUT2D eigenvalue weighted by Crippen LogP contribution is 2.10. The quantitative estimate of drug-likeness (QED) is 0.0419. The molecule has 4 aromatic rings. The smallest absolute Gasteiger partial charge is 0.329 e. The predicted octanol–water partition coefficient (Wildman–Crippen LogP) is 3.96. The summed E-state index contributed by atoms with van der Waals surface area (Å²) in [6.07, 6.45) is 0.502. The molecule has 0 spiro atoms. The zero-order valence-electron chi connectivity index (χ0n) is 28.7. The van der Waals surface area contributed by atoms with Crippen LogP contribution < -0.4 is 21.7 Å². The fourth-order valence-electron chi connectivity index (χ4n) is 5.10. The fraction of sp³-hybridized carbons (Fsp3) is 0.250. The van der Waals surface area contributed by atoms with Crippen molar-refractivity contribution in [3.8, 4) is 0 Å². The minimum Gasteiger partial charge on any atom is -0.461 e. The van der Waals surface area contributed by atoms with Crippen molar-refractivity contribution in [3.63, 3.8) is 0 Å². The Morgan fingerprint density at radius 2 is 1.17 bits per heavy atom. The predicted molar refractivity (Wildman–Crippen MR) is 195 cm³/mol. The molecule has 4 rings (SSSR count). The van der Waals surface area contributed by atoms with Gasteiger partial charge >= 0.3 is 11.9 Å². The Bertz CT molecular complexity index is 1790. The van der Waals surface area contributed by atoms with Gasteiger partial charge < -0.3 is 31.2 Å². The number of nitrogens with one attached hydrogen (secondary N) is 4. The van der Waals surface area contributed by atoms with Crippen molar-refractivity contribution in [1.29, 1.82) is 5.41 Å². The minimum atomic E-state index is -1.34. The van der Waals surface area contributed by atoms with Crippen molar-refractivity contribution in [2.45, 2.75) is 57.4 Å². The number of carbonyl (C=O) groups is 5. The third-order valence-corrected chi connectivity index (χ3v) is 7.95. The van der Waals surface area contributed by atoms with Crippen LogP contribution >= 0.6 is 0 Å². The number of amidine groups is 1. The molecule has 0 aliphatic carbocycles. The average molecular weight is 706 g/mol. The highest BCUT2D eigenvalue weighted by atomic mass is 16.5. The Balaban J connectivity index is 1.36. The Morgan fingerprint density at radius 3 is 1.75 bits per heavy atom. The number of benzene rings is 4. The van der Waals surface area contributed by atoms with Crippen LogP contribution in [0.15, 0.2) is 115 Å². The molecule has 0 bridgehead atoms. The van der Waals surface area contributed by atoms with Crippen LogP contribution in [0.25, 0.3) is 0 Å². The van der Waals surface area contributed by atoms with Gasteiger partial charge in [-0.2, -0.15) is 0 Å². The minimum absolute atomic E-state index is 0.000586. The lowest BCUT2D eigenvalue weighted by Crippen LogP contribution is -2.53. The van der Waals surface area contributed by atoms with Gasteiger partial charge in [-0.15, -0.1) is 0 Å². The van der Waals surface area contributed by atoms with Crippen LogP contribution in [0.3, 0.4) is 0 Å². The van der Waals surface area contributed by atoms with E-state index in [1.54, 1.807) is 36.4 Å². The maximum Gasteiger partial charge on any atom is 0.329 e. The lowest BCUT2D eigenvalue weighted by Gasteiger charge is -2.23. The number of unbranched alkanes of at least 4 members (excludes halogenated alkanes) is 1. The molecule has 0 aromatic heterocycles. The second-order valence-corrected chi connectivity index (χ2v) is 12.0. The lowest BCUT2D eigenvalue weighted by atomic mass is 10.0. The number of ether oxygens (including phenoxy) is 2. The number of hydrogen-bond acceptors (Lipinski definition) is 8. The summed E-state index contributed by atoms with van der Waals surface area (Å²) in [7, 11) is 0. The average Bonchev–Trinajstić information content (AvgIpc) is 3.16. The Kier molecular flexibility index (Phi) is 15.1. The second-order valence-electron chi connectivity index (χ2n) is 12.0. The number of esters is 2. The Labute approximate surface area is 302 Å². The van der Waals surface area contributed by atoms with Crippen LogP contribution in [0, 0.1) is 5.41 Å². The van der Waals surface area contributed by atoms with E-state index in [1.165, 1.54) is 0 Å². The second kappa shape index (κ2) is 20.4. The van der Waals surface area contributed by atoms with E-state index >= 15 is 0 Å². The molecular formula is C40H43N5O7. The molecule has 0 aliphatic rings. The number of hydrogen-bond donors (Lipinski definition) is 5. The van der Waals surface area contributed by atoms with Crippen LogP contribution in [-0.2, 0) is 48.3 Å². The standard InChI is InChI=1S/C40H43N5O7/c41-37(42)31-19-21-32(22-20-31)38(48)43-23-11-10-18-35(46)44-33(25-36(47)51-26-29-14-6-2-7-15-29)39(49)45-34(24-28-12-4-1-5-13-28)40(50)52-27-30-16-8-3-9-17-30/h1-9,12-17,19-22,33-34H,10-11,18,23-27H2,(H3,41,42)(H,43,48)(H,44,46)(H,45,49)/t33-,34-/m0/s1. The van der Waals surface area contributed by atoms with Gasteiger partial charge in [-0.3, -0.25) is 24.6 Å². The van der Waals surface area contributed by atoms with Crippen LogP contribution in [0.2, 0.25) is 0 Å². The topological polar surface area (TPSA) is 190 Å². The number of nitrogen functional groups attached to an aromatic ring is 1. The fourth-order valence-corrected chi connectivity index (χ4v) is 5.10. The van der Waals surface area contributed by atoms with Crippen molar-refractivity contribution in [3.05, 3.63) is 143 Å². The van der Waals surface area contributed by atoms with Crippen LogP contribution in [0.5, 0.6) is 0 Å². The molecule has 0 aliphatic heterocycles. The SMILES string of the molecule is N=C(N)c1ccc(C(=O)NCCCCC(=O)N[C@@H](CC(=O)OCc2ccccc2)C(=O)N[C@@H](Cc2ccccc2)C(=O)OCc2ccccc2)cc1. The van der Waals surface area contributed by atoms with E-state index in [1.807, 2.05) is 78.9 Å². The van der Waals surface area contributed by atoms with E-state index in [2.05, 4.69) is 16.0 Å². The zero-order chi connectivity index (χ0) is 37.1. The molecule has 0 radical (unpaired) electrons. The molecule has 270 valence electrons. The van der Waals surface area contributed by atoms with Crippen molar-refractivity contribution >= 4 is 35.5 Å². The van der Waals surface area contributed by atoms with Crippen molar-refractivity contribution in [2.75, 3.05) is 6.54 Å². The third-order valence-electron chi connectivity index (χ3n) is 7.95. The third kappa shape index (κ3) is 13.2. The van der Waals surface area contributed by atoms with E-state index in [-0.39, 0.29) is 37.8 Å². The maximum atomic E-state index is 13.7. The first-order chi connectivity index (χ1) is 25.2. The Hall–Kier alpha value is -6.30. The zero-order valence-corrected chi connectivity index (χ0v) is 28.7. The molecule has 2 atom stereocenters. The van der Waals surface area contributed by atoms with Crippen molar-refractivity contribution in [1.82, 2.24) is 16.0 Å². The normalized spacial score (nSPS) is 11.7. The number of carbonyl (C=O) groups excluding carboxylic acids is 5. The molecule has 3 amide bonds. The van der Waals surface area contributed by atoms with Crippen LogP contribution in [0.1, 0.15) is 58.3 Å². The molecule has 12 nitrogen and oxygen atoms in total. The van der Waals surface area contributed by atoms with Gasteiger partial charge in [-0.1, -0.05) is 103 Å². The van der Waals surface area contributed by atoms with Gasteiger partial charge in [0.15, 0.2) is 0 Å². The highest BCUT2D eigenvalue weighted by Gasteiger charge is 2.30. The summed E-state index contributed by atoms with van der Waals surface area (Å²) in [5.41, 5.74) is 8.68. The maximum absolute atomic E-state index is 13.7. The molecular weight excluding hydrogens is 662 g/mol. The number of nitrogens with two attached hydrogens (primary N) is 1. The van der Waals surface area contributed by atoms with Gasteiger partial charge in [-0.25, -0.2) is 4.79 Å². The van der Waals surface area contributed by atoms with E-state index in [4.69, 9.17) is 20.6 Å². The van der Waals surface area contributed by atoms with E-state index in [0.717, 1.165) is 16.7 Å². The van der Waals surface area contributed by atoms with E-state index < -0.39 is 42.3 Å². The van der Waals surface area contributed by atoms with Gasteiger partial charge in [0.1, 0.15) is 31.1 Å². The first kappa shape index (κ1) is 38.5. The summed E-state index contributed by atoms with van der Waals surface area (Å²) in [4.78, 5) is 65.4. The first-order valence-electron chi connectivity index (χ1n) is 16.9. The van der Waals surface area contributed by atoms with Gasteiger partial charge in [0.05, 0.1) is 6.42 Å². The van der Waals surface area contributed by atoms with E-state index in [0.29, 0.717) is 30.5 Å². The number of amides is 3. The van der Waals surface area contributed by atoms with Gasteiger partial charge in [0.25, 0.3) is 5.91 Å². The van der Waals surface area contributed by atoms with Crippen LogP contribution in [0.4, 0.5) is 0 Å². The molecule has 0 heterocycles. The molecule has 0 unspecified atom stereocenters. The molecule has 4 aromatic carbocycles. The molecule has 12 heteroatoms. The van der Waals surface area contributed by atoms with E-state index in [9.17, 15) is 24.0 Å². The number of rotatable bonds is 19. The highest BCUT2D eigenvalue weighted by molar-refractivity contribution is 5.98. The van der Waals surface area contributed by atoms with Crippen molar-refractivity contribution in [2.24, 2.45) is 5.73 Å². The summed E-state index contributed by atoms with van der Waals surface area (Å²) in [6.45, 7) is 0.277. The van der Waals surface area contributed by atoms with Crippen molar-refractivity contribution < 1.29 is 33.4 Å². The summed E-state index contributed by atoms with van der Waals surface area (Å²) in [5.74, 6) is -3.02. The summed E-state index contributed by atoms with van der Waals surface area (Å²) in [6, 6.07) is 31.1. The Morgan fingerprint density at radius 1 is 0.635 bits per heavy atom. The summed E-state index contributed by atoms with van der Waals surface area (Å²) in [5, 5.41) is 15.6. The van der Waals surface area contributed by atoms with Gasteiger partial charge in [-0.05, 0) is 41.7 Å². The van der Waals surface area contributed by atoms with Gasteiger partial charge in [0.2, 0.25) is 11.8 Å². The van der Waals surface area contributed by atoms with Crippen LogP contribution in [-0.4, -0.2) is 54.1 Å². The lowest BCUT2D eigenvalue weighted by molar-refractivity contribution is -0.150. The summed E-state index contributed by atoms with van der Waals surface area (Å²) < 4.78 is 10.9. The first-order valence-corrected chi connectivity index (χ1v) is 16.9. The molecule has 0 saturated carbocycles. The molecule has 6 N–H and O–H groups in total. The van der Waals surface area contributed by atoms with Gasteiger partial charge in [0, 0.05) is 30.5 Å². The molecule has 52 heavy (non-hydrogen) atoms. The largest absolute Gasteiger partial charge is 0.461 e. The molecule has 0 saturated heterocycles. The molecule has 0 fully saturated rings.